The average molecular weight is 426 g/mol. The zero-order valence-electron chi connectivity index (χ0n) is 15.9. The van der Waals surface area contributed by atoms with Crippen LogP contribution in [0.15, 0.2) is 48.3 Å². The van der Waals surface area contributed by atoms with Crippen LogP contribution in [0.1, 0.15) is 22.2 Å². The topological polar surface area (TPSA) is 106 Å². The number of benzene rings is 1. The monoisotopic (exact) mass is 426 g/mol. The molecule has 1 aromatic carbocycles. The molecule has 1 fully saturated rings. The molecule has 0 aliphatic carbocycles. The number of rotatable bonds is 4. The van der Waals surface area contributed by atoms with Gasteiger partial charge in [-0.3, -0.25) is 19.5 Å². The van der Waals surface area contributed by atoms with Crippen molar-refractivity contribution in [1.82, 2.24) is 15.2 Å². The molecule has 30 heavy (non-hydrogen) atoms. The van der Waals surface area contributed by atoms with E-state index in [1.54, 1.807) is 25.3 Å². The summed E-state index contributed by atoms with van der Waals surface area (Å²) in [6.45, 7) is 1.72. The molecular weight excluding hydrogens is 411 g/mol. The van der Waals surface area contributed by atoms with Gasteiger partial charge in [0.15, 0.2) is 0 Å². The first-order chi connectivity index (χ1) is 14.4. The zero-order valence-corrected chi connectivity index (χ0v) is 16.7. The SMILES string of the molecule is COc1ccc(F)cc1/C(O)=C1\C(=O)C(=O)N(c2nnc(C)s2)[C@H]1c1cccnc1. The first-order valence-electron chi connectivity index (χ1n) is 8.77. The summed E-state index contributed by atoms with van der Waals surface area (Å²) in [5.41, 5.74) is 0.212. The number of aromatic nitrogens is 3. The van der Waals surface area contributed by atoms with Gasteiger partial charge in [-0.2, -0.15) is 0 Å². The van der Waals surface area contributed by atoms with Gasteiger partial charge in [0.25, 0.3) is 5.78 Å². The van der Waals surface area contributed by atoms with E-state index < -0.39 is 29.3 Å². The van der Waals surface area contributed by atoms with E-state index in [2.05, 4.69) is 15.2 Å². The minimum absolute atomic E-state index is 0.0437. The number of carbonyl (C=O) groups excluding carboxylic acids is 2. The summed E-state index contributed by atoms with van der Waals surface area (Å²) in [6, 6.07) is 5.82. The minimum Gasteiger partial charge on any atom is -0.507 e. The van der Waals surface area contributed by atoms with Crippen molar-refractivity contribution in [3.05, 3.63) is 70.3 Å². The van der Waals surface area contributed by atoms with Crippen LogP contribution in [0, 0.1) is 12.7 Å². The lowest BCUT2D eigenvalue weighted by Gasteiger charge is -2.22. The number of anilines is 1. The first-order valence-corrected chi connectivity index (χ1v) is 9.59. The third kappa shape index (κ3) is 3.20. The summed E-state index contributed by atoms with van der Waals surface area (Å²) in [5.74, 6) is -2.85. The Balaban J connectivity index is 1.98. The Bertz CT molecular complexity index is 1180. The molecule has 0 unspecified atom stereocenters. The van der Waals surface area contributed by atoms with Crippen molar-refractivity contribution >= 4 is 33.9 Å². The van der Waals surface area contributed by atoms with Crippen molar-refractivity contribution in [3.63, 3.8) is 0 Å². The van der Waals surface area contributed by atoms with E-state index in [4.69, 9.17) is 4.74 Å². The lowest BCUT2D eigenvalue weighted by Crippen LogP contribution is -2.29. The van der Waals surface area contributed by atoms with Gasteiger partial charge in [-0.05, 0) is 36.8 Å². The number of pyridine rings is 1. The summed E-state index contributed by atoms with van der Waals surface area (Å²) in [5, 5.41) is 19.7. The Morgan fingerprint density at radius 3 is 2.70 bits per heavy atom. The molecule has 4 rings (SSSR count). The number of Topliss-reactive ketones (excluding diaryl/α,β-unsaturated/α-hetero) is 1. The van der Waals surface area contributed by atoms with E-state index in [0.29, 0.717) is 10.6 Å². The van der Waals surface area contributed by atoms with Gasteiger partial charge in [-0.15, -0.1) is 10.2 Å². The molecule has 152 valence electrons. The Labute approximate surface area is 174 Å². The van der Waals surface area contributed by atoms with Crippen LogP contribution >= 0.6 is 11.3 Å². The predicted molar refractivity (Wildman–Crippen MR) is 107 cm³/mol. The highest BCUT2D eigenvalue weighted by Crippen LogP contribution is 2.43. The maximum Gasteiger partial charge on any atom is 0.301 e. The molecule has 8 nitrogen and oxygen atoms in total. The lowest BCUT2D eigenvalue weighted by molar-refractivity contribution is -0.132. The molecule has 0 saturated carbocycles. The molecule has 1 amide bonds. The number of amides is 1. The van der Waals surface area contributed by atoms with Crippen LogP contribution in [-0.2, 0) is 9.59 Å². The second kappa shape index (κ2) is 7.64. The van der Waals surface area contributed by atoms with Crippen molar-refractivity contribution in [3.8, 4) is 5.75 Å². The van der Waals surface area contributed by atoms with Crippen LogP contribution in [0.4, 0.5) is 9.52 Å². The van der Waals surface area contributed by atoms with Crippen LogP contribution in [-0.4, -0.2) is 39.1 Å². The quantitative estimate of drug-likeness (QED) is 0.388. The molecule has 3 heterocycles. The number of aliphatic hydroxyl groups excluding tert-OH is 1. The number of aliphatic hydroxyl groups is 1. The lowest BCUT2D eigenvalue weighted by atomic mass is 9.96. The minimum atomic E-state index is -1.01. The summed E-state index contributed by atoms with van der Waals surface area (Å²) >= 11 is 1.13. The highest BCUT2D eigenvalue weighted by Gasteiger charge is 2.48. The van der Waals surface area contributed by atoms with Gasteiger partial charge >= 0.3 is 5.91 Å². The van der Waals surface area contributed by atoms with Crippen molar-refractivity contribution in [2.24, 2.45) is 0 Å². The van der Waals surface area contributed by atoms with E-state index in [-0.39, 0.29) is 22.0 Å². The zero-order chi connectivity index (χ0) is 21.4. The second-order valence-corrected chi connectivity index (χ2v) is 7.56. The first kappa shape index (κ1) is 19.6. The second-order valence-electron chi connectivity index (χ2n) is 6.40. The predicted octanol–water partition coefficient (Wildman–Crippen LogP) is 3.02. The van der Waals surface area contributed by atoms with Crippen LogP contribution in [0.3, 0.4) is 0 Å². The fraction of sp³-hybridized carbons (Fsp3) is 0.150. The Morgan fingerprint density at radius 1 is 1.27 bits per heavy atom. The molecule has 1 aliphatic rings. The standard InChI is InChI=1S/C20H15FN4O4S/c1-10-23-24-20(30-10)25-16(11-4-3-7-22-9-11)15(18(27)19(25)28)17(26)13-8-12(21)5-6-14(13)29-2/h3-9,16,26H,1-2H3/b17-15+/t16-/m0/s1. The van der Waals surface area contributed by atoms with Gasteiger partial charge in [-0.25, -0.2) is 4.39 Å². The third-order valence-electron chi connectivity index (χ3n) is 4.58. The van der Waals surface area contributed by atoms with Crippen molar-refractivity contribution < 1.29 is 23.8 Å². The Morgan fingerprint density at radius 2 is 2.07 bits per heavy atom. The van der Waals surface area contributed by atoms with Gasteiger partial charge in [0.05, 0.1) is 24.3 Å². The van der Waals surface area contributed by atoms with E-state index in [1.807, 2.05) is 0 Å². The average Bonchev–Trinajstić information content (AvgIpc) is 3.29. The molecule has 2 aromatic heterocycles. The number of ether oxygens (including phenoxy) is 1. The molecular formula is C20H15FN4O4S. The molecule has 1 atom stereocenters. The van der Waals surface area contributed by atoms with E-state index in [0.717, 1.165) is 23.5 Å². The Hall–Kier alpha value is -3.66. The summed E-state index contributed by atoms with van der Waals surface area (Å²) in [6.07, 6.45) is 3.02. The fourth-order valence-corrected chi connectivity index (χ4v) is 3.99. The normalized spacial score (nSPS) is 18.1. The van der Waals surface area contributed by atoms with Gasteiger partial charge in [0.1, 0.15) is 22.3 Å². The van der Waals surface area contributed by atoms with Crippen molar-refractivity contribution in [1.29, 1.82) is 0 Å². The molecule has 0 radical (unpaired) electrons. The fourth-order valence-electron chi connectivity index (χ4n) is 3.28. The summed E-state index contributed by atoms with van der Waals surface area (Å²) in [7, 11) is 1.35. The highest BCUT2D eigenvalue weighted by atomic mass is 32.1. The van der Waals surface area contributed by atoms with E-state index in [9.17, 15) is 19.1 Å². The largest absolute Gasteiger partial charge is 0.507 e. The van der Waals surface area contributed by atoms with Gasteiger partial charge < -0.3 is 9.84 Å². The van der Waals surface area contributed by atoms with Crippen LogP contribution in [0.5, 0.6) is 5.75 Å². The molecule has 1 N–H and O–H groups in total. The van der Waals surface area contributed by atoms with Crippen molar-refractivity contribution in [2.75, 3.05) is 12.0 Å². The maximum absolute atomic E-state index is 13.9. The molecule has 1 saturated heterocycles. The van der Waals surface area contributed by atoms with Crippen LogP contribution < -0.4 is 9.64 Å². The number of methoxy groups -OCH3 is 1. The van der Waals surface area contributed by atoms with Gasteiger partial charge in [-0.1, -0.05) is 17.4 Å². The number of ketones is 1. The maximum atomic E-state index is 13.9. The van der Waals surface area contributed by atoms with E-state index >= 15 is 0 Å². The van der Waals surface area contributed by atoms with Gasteiger partial charge in [0.2, 0.25) is 5.13 Å². The Kier molecular flexibility index (Phi) is 5.00. The molecule has 10 heteroatoms. The molecule has 3 aromatic rings. The number of carbonyl (C=O) groups is 2. The van der Waals surface area contributed by atoms with Crippen LogP contribution in [0.2, 0.25) is 0 Å². The smallest absolute Gasteiger partial charge is 0.301 e. The third-order valence-corrected chi connectivity index (χ3v) is 5.42. The highest BCUT2D eigenvalue weighted by molar-refractivity contribution is 7.15. The number of aryl methyl sites for hydroxylation is 1. The van der Waals surface area contributed by atoms with Crippen molar-refractivity contribution in [2.45, 2.75) is 13.0 Å². The number of nitrogens with zero attached hydrogens (tertiary/aromatic N) is 4. The summed E-state index contributed by atoms with van der Waals surface area (Å²) < 4.78 is 19.1. The van der Waals surface area contributed by atoms with Gasteiger partial charge in [0, 0.05) is 12.4 Å². The molecule has 1 aliphatic heterocycles. The number of hydrogen-bond donors (Lipinski definition) is 1. The number of halogens is 1. The summed E-state index contributed by atoms with van der Waals surface area (Å²) in [4.78, 5) is 31.1. The molecule has 0 spiro atoms. The van der Waals surface area contributed by atoms with Crippen LogP contribution in [0.25, 0.3) is 5.76 Å². The molecule has 0 bridgehead atoms. The van der Waals surface area contributed by atoms with E-state index in [1.165, 1.54) is 24.3 Å². The number of hydrogen-bond acceptors (Lipinski definition) is 8.